The summed E-state index contributed by atoms with van der Waals surface area (Å²) < 4.78 is 19.5. The molecular weight excluding hydrogens is 467 g/mol. The number of nitrogens with one attached hydrogen (secondary N) is 2. The zero-order valence-electron chi connectivity index (χ0n) is 22.2. The first-order chi connectivity index (χ1) is 17.4. The van der Waals surface area contributed by atoms with Gasteiger partial charge >= 0.3 is 0 Å². The molecule has 4 rings (SSSR count). The van der Waals surface area contributed by atoms with E-state index in [4.69, 9.17) is 4.42 Å². The van der Waals surface area contributed by atoms with Crippen LogP contribution < -0.4 is 10.6 Å². The third kappa shape index (κ3) is 5.91. The Bertz CT molecular complexity index is 1460. The molecule has 0 unspecified atom stereocenters. The summed E-state index contributed by atoms with van der Waals surface area (Å²) in [5.41, 5.74) is 3.49. The van der Waals surface area contributed by atoms with Crippen LogP contribution in [-0.2, 0) is 0 Å². The van der Waals surface area contributed by atoms with E-state index in [1.165, 1.54) is 12.1 Å². The van der Waals surface area contributed by atoms with Crippen LogP contribution in [0.2, 0.25) is 0 Å². The lowest BCUT2D eigenvalue weighted by Gasteiger charge is -2.33. The fourth-order valence-corrected chi connectivity index (χ4v) is 5.02. The third-order valence-electron chi connectivity index (χ3n) is 6.13. The Balaban J connectivity index is 1.72. The average Bonchev–Trinajstić information content (AvgIpc) is 3.21. The lowest BCUT2D eigenvalue weighted by Crippen LogP contribution is -2.45. The van der Waals surface area contributed by atoms with Crippen LogP contribution in [0.5, 0.6) is 0 Å². The molecule has 1 aromatic heterocycles. The SMILES string of the molecule is CNC(=O)c1c(-c2ccc(F)cc2)oc2ccc(-c3cccc(C(=O)NC(C)(C)CC(C)(C)C)c3)cc12. The van der Waals surface area contributed by atoms with Crippen LogP contribution >= 0.6 is 0 Å². The maximum atomic E-state index is 13.5. The number of hydrogen-bond donors (Lipinski definition) is 2. The Labute approximate surface area is 217 Å². The van der Waals surface area contributed by atoms with Gasteiger partial charge in [0.15, 0.2) is 0 Å². The van der Waals surface area contributed by atoms with Crippen molar-refractivity contribution < 1.29 is 18.4 Å². The van der Waals surface area contributed by atoms with Gasteiger partial charge < -0.3 is 15.1 Å². The fraction of sp³-hybridized carbons (Fsp3) is 0.290. The average molecular weight is 501 g/mol. The molecule has 192 valence electrons. The van der Waals surface area contributed by atoms with Gasteiger partial charge in [-0.1, -0.05) is 39.0 Å². The second kappa shape index (κ2) is 9.85. The molecule has 4 aromatic rings. The highest BCUT2D eigenvalue weighted by Gasteiger charge is 2.27. The first kappa shape index (κ1) is 26.1. The van der Waals surface area contributed by atoms with E-state index in [1.54, 1.807) is 25.2 Å². The second-order valence-electron chi connectivity index (χ2n) is 11.3. The van der Waals surface area contributed by atoms with E-state index in [0.717, 1.165) is 17.5 Å². The van der Waals surface area contributed by atoms with Gasteiger partial charge in [0.1, 0.15) is 17.2 Å². The number of rotatable bonds is 6. The quantitative estimate of drug-likeness (QED) is 0.294. The smallest absolute Gasteiger partial charge is 0.255 e. The molecule has 2 N–H and O–H groups in total. The number of hydrogen-bond acceptors (Lipinski definition) is 3. The summed E-state index contributed by atoms with van der Waals surface area (Å²) in [5.74, 6) is -0.426. The number of fused-ring (bicyclic) bond motifs is 1. The number of carbonyl (C=O) groups excluding carboxylic acids is 2. The summed E-state index contributed by atoms with van der Waals surface area (Å²) in [6.07, 6.45) is 0.835. The highest BCUT2D eigenvalue weighted by atomic mass is 19.1. The molecular formula is C31H33FN2O3. The molecule has 6 heteroatoms. The fourth-order valence-electron chi connectivity index (χ4n) is 5.02. The minimum atomic E-state index is -0.366. The van der Waals surface area contributed by atoms with E-state index < -0.39 is 0 Å². The molecule has 0 fully saturated rings. The van der Waals surface area contributed by atoms with Crippen LogP contribution in [0.3, 0.4) is 0 Å². The predicted molar refractivity (Wildman–Crippen MR) is 146 cm³/mol. The molecule has 1 heterocycles. The number of amides is 2. The molecule has 0 aliphatic heterocycles. The first-order valence-electron chi connectivity index (χ1n) is 12.3. The minimum Gasteiger partial charge on any atom is -0.455 e. The van der Waals surface area contributed by atoms with E-state index in [9.17, 15) is 14.0 Å². The maximum absolute atomic E-state index is 13.5. The third-order valence-corrected chi connectivity index (χ3v) is 6.13. The monoisotopic (exact) mass is 500 g/mol. The van der Waals surface area contributed by atoms with Crippen molar-refractivity contribution in [3.8, 4) is 22.5 Å². The second-order valence-corrected chi connectivity index (χ2v) is 11.3. The molecule has 0 saturated carbocycles. The van der Waals surface area contributed by atoms with Gasteiger partial charge in [-0.05, 0) is 85.3 Å². The van der Waals surface area contributed by atoms with Gasteiger partial charge in [-0.25, -0.2) is 4.39 Å². The molecule has 0 bridgehead atoms. The van der Waals surface area contributed by atoms with Crippen LogP contribution in [0.25, 0.3) is 33.4 Å². The van der Waals surface area contributed by atoms with E-state index >= 15 is 0 Å². The minimum absolute atomic E-state index is 0.0773. The molecule has 37 heavy (non-hydrogen) atoms. The molecule has 0 saturated heterocycles. The zero-order valence-corrected chi connectivity index (χ0v) is 22.2. The Kier molecular flexibility index (Phi) is 6.96. The van der Waals surface area contributed by atoms with Crippen molar-refractivity contribution >= 4 is 22.8 Å². The summed E-state index contributed by atoms with van der Waals surface area (Å²) in [4.78, 5) is 26.0. The van der Waals surface area contributed by atoms with Crippen molar-refractivity contribution in [1.29, 1.82) is 0 Å². The van der Waals surface area contributed by atoms with Crippen molar-refractivity contribution in [2.24, 2.45) is 5.41 Å². The van der Waals surface area contributed by atoms with Gasteiger partial charge in [-0.15, -0.1) is 0 Å². The summed E-state index contributed by atoms with van der Waals surface area (Å²) in [6.45, 7) is 10.5. The normalized spacial score (nSPS) is 12.0. The van der Waals surface area contributed by atoms with Gasteiger partial charge in [-0.3, -0.25) is 9.59 Å². The molecule has 0 atom stereocenters. The maximum Gasteiger partial charge on any atom is 0.255 e. The van der Waals surface area contributed by atoms with Crippen LogP contribution in [0, 0.1) is 11.2 Å². The summed E-state index contributed by atoms with van der Waals surface area (Å²) in [6, 6.07) is 18.9. The zero-order chi connectivity index (χ0) is 27.0. The Morgan fingerprint density at radius 3 is 2.14 bits per heavy atom. The summed E-state index contributed by atoms with van der Waals surface area (Å²) in [7, 11) is 1.56. The van der Waals surface area contributed by atoms with Crippen molar-refractivity contribution in [3.05, 3.63) is 83.7 Å². The Morgan fingerprint density at radius 1 is 0.838 bits per heavy atom. The topological polar surface area (TPSA) is 71.3 Å². The molecule has 5 nitrogen and oxygen atoms in total. The highest BCUT2D eigenvalue weighted by Crippen LogP contribution is 2.36. The van der Waals surface area contributed by atoms with Crippen molar-refractivity contribution in [2.45, 2.75) is 46.6 Å². The van der Waals surface area contributed by atoms with E-state index in [0.29, 0.717) is 33.4 Å². The van der Waals surface area contributed by atoms with Gasteiger partial charge in [0.25, 0.3) is 11.8 Å². The lowest BCUT2D eigenvalue weighted by molar-refractivity contribution is 0.0890. The highest BCUT2D eigenvalue weighted by molar-refractivity contribution is 6.11. The standard InChI is InChI=1S/C31H33FN2O3/c1-30(2,3)18-31(4,5)34-28(35)22-9-7-8-20(16-22)21-12-15-25-24(17-21)26(29(36)33-6)27(37-25)19-10-13-23(32)14-11-19/h7-17H,18H2,1-6H3,(H,33,36)(H,34,35). The van der Waals surface area contributed by atoms with E-state index in [1.807, 2.05) is 50.2 Å². The van der Waals surface area contributed by atoms with Gasteiger partial charge in [0.05, 0.1) is 5.56 Å². The van der Waals surface area contributed by atoms with Crippen LogP contribution in [-0.4, -0.2) is 24.4 Å². The molecule has 0 aliphatic carbocycles. The number of furan rings is 1. The van der Waals surface area contributed by atoms with Crippen molar-refractivity contribution in [2.75, 3.05) is 7.05 Å². The van der Waals surface area contributed by atoms with Crippen LogP contribution in [0.15, 0.2) is 71.1 Å². The Morgan fingerprint density at radius 2 is 1.49 bits per heavy atom. The van der Waals surface area contributed by atoms with Gasteiger partial charge in [0, 0.05) is 29.1 Å². The molecule has 2 amide bonds. The van der Waals surface area contributed by atoms with Gasteiger partial charge in [0.2, 0.25) is 0 Å². The predicted octanol–water partition coefficient (Wildman–Crippen LogP) is 7.21. The first-order valence-corrected chi connectivity index (χ1v) is 12.3. The van der Waals surface area contributed by atoms with Crippen molar-refractivity contribution in [3.63, 3.8) is 0 Å². The summed E-state index contributed by atoms with van der Waals surface area (Å²) in [5, 5.41) is 6.47. The largest absolute Gasteiger partial charge is 0.455 e. The lowest BCUT2D eigenvalue weighted by atomic mass is 9.81. The molecule has 0 radical (unpaired) electrons. The van der Waals surface area contributed by atoms with Gasteiger partial charge in [-0.2, -0.15) is 0 Å². The Hall–Kier alpha value is -3.93. The number of halogens is 1. The van der Waals surface area contributed by atoms with E-state index in [2.05, 4.69) is 31.4 Å². The van der Waals surface area contributed by atoms with Crippen LogP contribution in [0.4, 0.5) is 4.39 Å². The van der Waals surface area contributed by atoms with E-state index in [-0.39, 0.29) is 28.6 Å². The molecule has 3 aromatic carbocycles. The summed E-state index contributed by atoms with van der Waals surface area (Å²) >= 11 is 0. The van der Waals surface area contributed by atoms with Crippen molar-refractivity contribution in [1.82, 2.24) is 10.6 Å². The molecule has 0 spiro atoms. The number of benzene rings is 3. The molecule has 0 aliphatic rings. The van der Waals surface area contributed by atoms with Crippen LogP contribution in [0.1, 0.15) is 61.8 Å². The number of carbonyl (C=O) groups is 2.